The molecule has 27 heavy (non-hydrogen) atoms. The van der Waals surface area contributed by atoms with Gasteiger partial charge in [-0.2, -0.15) is 0 Å². The van der Waals surface area contributed by atoms with E-state index in [2.05, 4.69) is 5.32 Å². The Morgan fingerprint density at radius 1 is 1.11 bits per heavy atom. The number of benzene rings is 2. The van der Waals surface area contributed by atoms with Gasteiger partial charge >= 0.3 is 0 Å². The molecule has 1 aliphatic carbocycles. The van der Waals surface area contributed by atoms with Crippen LogP contribution in [0.3, 0.4) is 0 Å². The van der Waals surface area contributed by atoms with Gasteiger partial charge in [-0.3, -0.25) is 9.59 Å². The smallest absolute Gasteiger partial charge is 0.255 e. The third-order valence-electron chi connectivity index (χ3n) is 5.79. The van der Waals surface area contributed by atoms with Crippen molar-refractivity contribution in [1.82, 2.24) is 10.2 Å². The highest BCUT2D eigenvalue weighted by Gasteiger charge is 2.34. The van der Waals surface area contributed by atoms with Crippen molar-refractivity contribution in [3.05, 3.63) is 70.8 Å². The monoisotopic (exact) mass is 362 g/mol. The van der Waals surface area contributed by atoms with Crippen LogP contribution in [0.25, 0.3) is 0 Å². The molecule has 0 saturated heterocycles. The van der Waals surface area contributed by atoms with Gasteiger partial charge in [-0.05, 0) is 37.0 Å². The van der Waals surface area contributed by atoms with Crippen molar-refractivity contribution in [3.63, 3.8) is 0 Å². The van der Waals surface area contributed by atoms with Gasteiger partial charge in [0, 0.05) is 18.2 Å². The van der Waals surface area contributed by atoms with E-state index in [0.717, 1.165) is 29.5 Å². The van der Waals surface area contributed by atoms with E-state index in [9.17, 15) is 9.59 Å². The number of carbonyl (C=O) groups is 2. The molecule has 2 aromatic rings. The molecule has 2 amide bonds. The fourth-order valence-corrected chi connectivity index (χ4v) is 4.26. The van der Waals surface area contributed by atoms with Crippen LogP contribution in [-0.2, 0) is 11.3 Å². The summed E-state index contributed by atoms with van der Waals surface area (Å²) in [4.78, 5) is 27.6. The lowest BCUT2D eigenvalue weighted by Crippen LogP contribution is -2.37. The molecule has 140 valence electrons. The summed E-state index contributed by atoms with van der Waals surface area (Å²) >= 11 is 0. The van der Waals surface area contributed by atoms with Crippen LogP contribution < -0.4 is 5.32 Å². The minimum atomic E-state index is -0.244. The number of nitrogens with zero attached hydrogens (tertiary/aromatic N) is 1. The average molecular weight is 362 g/mol. The summed E-state index contributed by atoms with van der Waals surface area (Å²) in [5.74, 6) is 0.0565. The lowest BCUT2D eigenvalue weighted by atomic mass is 10.00. The fraction of sp³-hybridized carbons (Fsp3) is 0.391. The number of hydrogen-bond donors (Lipinski definition) is 1. The van der Waals surface area contributed by atoms with Gasteiger partial charge in [0.05, 0.1) is 12.5 Å². The first-order valence-electron chi connectivity index (χ1n) is 9.86. The Morgan fingerprint density at radius 3 is 2.52 bits per heavy atom. The van der Waals surface area contributed by atoms with Crippen LogP contribution in [0.2, 0.25) is 0 Å². The molecule has 0 spiro atoms. The Balaban J connectivity index is 1.57. The van der Waals surface area contributed by atoms with Gasteiger partial charge in [-0.1, -0.05) is 60.9 Å². The standard InChI is InChI=1S/C23H26N2O2/c1-16-10-12-17(13-11-16)21(14-22(26)24-19-7-3-4-8-19)25-15-18-6-2-5-9-20(18)23(25)27/h2,5-6,9-13,19,21H,3-4,7-8,14-15H2,1H3,(H,24,26). The zero-order valence-corrected chi connectivity index (χ0v) is 15.8. The van der Waals surface area contributed by atoms with Gasteiger partial charge in [0.25, 0.3) is 5.91 Å². The summed E-state index contributed by atoms with van der Waals surface area (Å²) in [7, 11) is 0. The minimum absolute atomic E-state index is 0.0184. The zero-order valence-electron chi connectivity index (χ0n) is 15.8. The third-order valence-corrected chi connectivity index (χ3v) is 5.79. The number of carbonyl (C=O) groups excluding carboxylic acids is 2. The van der Waals surface area contributed by atoms with E-state index in [1.54, 1.807) is 0 Å². The molecule has 1 atom stereocenters. The van der Waals surface area contributed by atoms with Crippen molar-refractivity contribution in [2.45, 2.75) is 57.7 Å². The maximum absolute atomic E-state index is 13.0. The highest BCUT2D eigenvalue weighted by atomic mass is 16.2. The maximum atomic E-state index is 13.0. The van der Waals surface area contributed by atoms with Gasteiger partial charge in [-0.15, -0.1) is 0 Å². The van der Waals surface area contributed by atoms with Gasteiger partial charge < -0.3 is 10.2 Å². The van der Waals surface area contributed by atoms with Crippen molar-refractivity contribution >= 4 is 11.8 Å². The zero-order chi connectivity index (χ0) is 18.8. The molecule has 1 fully saturated rings. The van der Waals surface area contributed by atoms with Crippen LogP contribution in [0.1, 0.15) is 65.2 Å². The summed E-state index contributed by atoms with van der Waals surface area (Å²) in [5.41, 5.74) is 3.98. The molecule has 0 aromatic heterocycles. The van der Waals surface area contributed by atoms with E-state index in [0.29, 0.717) is 19.0 Å². The minimum Gasteiger partial charge on any atom is -0.353 e. The molecule has 0 radical (unpaired) electrons. The molecule has 4 heteroatoms. The van der Waals surface area contributed by atoms with Gasteiger partial charge in [-0.25, -0.2) is 0 Å². The van der Waals surface area contributed by atoms with E-state index in [1.165, 1.54) is 18.4 Å². The molecule has 1 saturated carbocycles. The Hall–Kier alpha value is -2.62. The molecule has 1 unspecified atom stereocenters. The number of fused-ring (bicyclic) bond motifs is 1. The Bertz CT molecular complexity index is 838. The molecule has 2 aliphatic rings. The van der Waals surface area contributed by atoms with Crippen LogP contribution in [0.15, 0.2) is 48.5 Å². The van der Waals surface area contributed by atoms with Gasteiger partial charge in [0.2, 0.25) is 5.91 Å². The predicted molar refractivity (Wildman–Crippen MR) is 105 cm³/mol. The Kier molecular flexibility index (Phi) is 4.97. The van der Waals surface area contributed by atoms with Crippen molar-refractivity contribution in [2.75, 3.05) is 0 Å². The highest BCUT2D eigenvalue weighted by molar-refractivity contribution is 5.98. The van der Waals surface area contributed by atoms with Crippen LogP contribution >= 0.6 is 0 Å². The molecule has 1 N–H and O–H groups in total. The van der Waals surface area contributed by atoms with Crippen LogP contribution in [0.5, 0.6) is 0 Å². The van der Waals surface area contributed by atoms with E-state index in [4.69, 9.17) is 0 Å². The van der Waals surface area contributed by atoms with Crippen molar-refractivity contribution in [1.29, 1.82) is 0 Å². The second kappa shape index (κ2) is 7.55. The van der Waals surface area contributed by atoms with Gasteiger partial charge in [0.15, 0.2) is 0 Å². The van der Waals surface area contributed by atoms with Crippen LogP contribution in [0, 0.1) is 6.92 Å². The van der Waals surface area contributed by atoms with E-state index in [1.807, 2.05) is 60.4 Å². The fourth-order valence-electron chi connectivity index (χ4n) is 4.26. The molecular formula is C23H26N2O2. The predicted octanol–water partition coefficient (Wildman–Crippen LogP) is 4.14. The Morgan fingerprint density at radius 2 is 1.81 bits per heavy atom. The summed E-state index contributed by atoms with van der Waals surface area (Å²) in [5, 5.41) is 3.17. The lowest BCUT2D eigenvalue weighted by Gasteiger charge is -2.28. The number of aryl methyl sites for hydroxylation is 1. The number of rotatable bonds is 5. The normalized spacial score (nSPS) is 17.8. The number of hydrogen-bond acceptors (Lipinski definition) is 2. The van der Waals surface area contributed by atoms with E-state index >= 15 is 0 Å². The van der Waals surface area contributed by atoms with Crippen LogP contribution in [0.4, 0.5) is 0 Å². The molecule has 4 rings (SSSR count). The molecule has 1 aliphatic heterocycles. The highest BCUT2D eigenvalue weighted by Crippen LogP contribution is 2.33. The lowest BCUT2D eigenvalue weighted by molar-refractivity contribution is -0.122. The number of amides is 2. The average Bonchev–Trinajstić information content (AvgIpc) is 3.29. The summed E-state index contributed by atoms with van der Waals surface area (Å²) in [6.07, 6.45) is 4.81. The van der Waals surface area contributed by atoms with E-state index in [-0.39, 0.29) is 17.9 Å². The topological polar surface area (TPSA) is 49.4 Å². The molecule has 4 nitrogen and oxygen atoms in total. The van der Waals surface area contributed by atoms with Gasteiger partial charge in [0.1, 0.15) is 0 Å². The first kappa shape index (κ1) is 17.8. The number of nitrogens with one attached hydrogen (secondary N) is 1. The SMILES string of the molecule is Cc1ccc(C(CC(=O)NC2CCCC2)N2Cc3ccccc3C2=O)cc1. The first-order valence-corrected chi connectivity index (χ1v) is 9.86. The van der Waals surface area contributed by atoms with Crippen molar-refractivity contribution < 1.29 is 9.59 Å². The molecule has 2 aromatic carbocycles. The Labute approximate surface area is 160 Å². The summed E-state index contributed by atoms with van der Waals surface area (Å²) < 4.78 is 0. The summed E-state index contributed by atoms with van der Waals surface area (Å²) in [6, 6.07) is 16.0. The molecule has 0 bridgehead atoms. The molecule has 1 heterocycles. The second-order valence-electron chi connectivity index (χ2n) is 7.77. The van der Waals surface area contributed by atoms with Crippen molar-refractivity contribution in [3.8, 4) is 0 Å². The molecular weight excluding hydrogens is 336 g/mol. The third kappa shape index (κ3) is 3.75. The largest absolute Gasteiger partial charge is 0.353 e. The second-order valence-corrected chi connectivity index (χ2v) is 7.77. The maximum Gasteiger partial charge on any atom is 0.255 e. The van der Waals surface area contributed by atoms with Crippen LogP contribution in [-0.4, -0.2) is 22.8 Å². The van der Waals surface area contributed by atoms with Crippen molar-refractivity contribution in [2.24, 2.45) is 0 Å². The first-order chi connectivity index (χ1) is 13.1. The van der Waals surface area contributed by atoms with E-state index < -0.39 is 0 Å². The quantitative estimate of drug-likeness (QED) is 0.869. The summed E-state index contributed by atoms with van der Waals surface area (Å²) in [6.45, 7) is 2.60.